The van der Waals surface area contributed by atoms with Crippen LogP contribution >= 0.6 is 11.6 Å². The van der Waals surface area contributed by atoms with E-state index >= 15 is 0 Å². The zero-order valence-electron chi connectivity index (χ0n) is 12.8. The summed E-state index contributed by atoms with van der Waals surface area (Å²) in [5, 5.41) is 6.55. The van der Waals surface area contributed by atoms with Gasteiger partial charge in [0.15, 0.2) is 5.76 Å². The van der Waals surface area contributed by atoms with Crippen molar-refractivity contribution in [2.45, 2.75) is 19.5 Å². The summed E-state index contributed by atoms with van der Waals surface area (Å²) >= 11 is 5.91. The monoisotopic (exact) mass is 346 g/mol. The third-order valence-electron chi connectivity index (χ3n) is 3.46. The van der Waals surface area contributed by atoms with Crippen molar-refractivity contribution in [1.29, 1.82) is 0 Å². The summed E-state index contributed by atoms with van der Waals surface area (Å²) in [6.45, 7) is 1.85. The van der Waals surface area contributed by atoms with Crippen molar-refractivity contribution < 1.29 is 18.4 Å². The SMILES string of the molecule is CC(NC(=O)c1cc2cc(Cl)ccc2o1)C(=O)NCc1ccco1. The van der Waals surface area contributed by atoms with E-state index in [-0.39, 0.29) is 18.2 Å². The summed E-state index contributed by atoms with van der Waals surface area (Å²) in [6, 6.07) is 9.43. The van der Waals surface area contributed by atoms with Crippen LogP contribution in [-0.2, 0) is 11.3 Å². The fourth-order valence-electron chi connectivity index (χ4n) is 2.20. The van der Waals surface area contributed by atoms with Crippen LogP contribution in [0.15, 0.2) is 51.5 Å². The number of carbonyl (C=O) groups is 2. The zero-order valence-corrected chi connectivity index (χ0v) is 13.6. The maximum atomic E-state index is 12.2. The molecule has 0 aliphatic carbocycles. The standard InChI is InChI=1S/C17H15ClN2O4/c1-10(16(21)19-9-13-3-2-6-23-13)20-17(22)15-8-11-7-12(18)4-5-14(11)24-15/h2-8,10H,9H2,1H3,(H,19,21)(H,20,22). The summed E-state index contributed by atoms with van der Waals surface area (Å²) in [5.74, 6) is -0.0316. The molecule has 1 unspecified atom stereocenters. The first-order valence-electron chi connectivity index (χ1n) is 7.33. The van der Waals surface area contributed by atoms with E-state index in [0.29, 0.717) is 16.4 Å². The number of halogens is 1. The summed E-state index contributed by atoms with van der Waals surface area (Å²) in [5.41, 5.74) is 0.555. The Balaban J connectivity index is 1.61. The molecule has 3 rings (SSSR count). The van der Waals surface area contributed by atoms with Crippen LogP contribution in [0.3, 0.4) is 0 Å². The Labute approximate surface area is 142 Å². The molecule has 0 radical (unpaired) electrons. The Morgan fingerprint density at radius 1 is 1.25 bits per heavy atom. The number of furan rings is 2. The van der Waals surface area contributed by atoms with E-state index in [4.69, 9.17) is 20.4 Å². The molecule has 2 N–H and O–H groups in total. The fourth-order valence-corrected chi connectivity index (χ4v) is 2.38. The van der Waals surface area contributed by atoms with E-state index in [1.54, 1.807) is 43.3 Å². The Morgan fingerprint density at radius 3 is 2.83 bits per heavy atom. The quantitative estimate of drug-likeness (QED) is 0.743. The largest absolute Gasteiger partial charge is 0.467 e. The molecule has 0 fully saturated rings. The van der Waals surface area contributed by atoms with Crippen LogP contribution < -0.4 is 10.6 Å². The number of fused-ring (bicyclic) bond motifs is 1. The van der Waals surface area contributed by atoms with E-state index in [2.05, 4.69) is 10.6 Å². The van der Waals surface area contributed by atoms with Gasteiger partial charge in [0, 0.05) is 10.4 Å². The molecule has 0 spiro atoms. The minimum absolute atomic E-state index is 0.123. The summed E-state index contributed by atoms with van der Waals surface area (Å²) in [4.78, 5) is 24.2. The van der Waals surface area contributed by atoms with E-state index in [0.717, 1.165) is 5.39 Å². The highest BCUT2D eigenvalue weighted by Gasteiger charge is 2.19. The number of hydrogen-bond donors (Lipinski definition) is 2. The zero-order chi connectivity index (χ0) is 17.1. The Kier molecular flexibility index (Phi) is 4.57. The van der Waals surface area contributed by atoms with Crippen molar-refractivity contribution in [3.63, 3.8) is 0 Å². The highest BCUT2D eigenvalue weighted by Crippen LogP contribution is 2.23. The van der Waals surface area contributed by atoms with Crippen molar-refractivity contribution in [3.05, 3.63) is 59.2 Å². The van der Waals surface area contributed by atoms with Crippen molar-refractivity contribution >= 4 is 34.4 Å². The number of amides is 2. The molecule has 2 amide bonds. The van der Waals surface area contributed by atoms with Crippen LogP contribution in [0.1, 0.15) is 23.2 Å². The fraction of sp³-hybridized carbons (Fsp3) is 0.176. The van der Waals surface area contributed by atoms with Crippen LogP contribution in [-0.4, -0.2) is 17.9 Å². The average molecular weight is 347 g/mol. The first-order chi connectivity index (χ1) is 11.5. The van der Waals surface area contributed by atoms with Crippen LogP contribution in [0.4, 0.5) is 0 Å². The highest BCUT2D eigenvalue weighted by atomic mass is 35.5. The van der Waals surface area contributed by atoms with E-state index in [1.165, 1.54) is 6.26 Å². The molecule has 7 heteroatoms. The molecule has 1 atom stereocenters. The lowest BCUT2D eigenvalue weighted by Crippen LogP contribution is -2.44. The van der Waals surface area contributed by atoms with Crippen molar-refractivity contribution in [3.8, 4) is 0 Å². The van der Waals surface area contributed by atoms with Crippen LogP contribution in [0.5, 0.6) is 0 Å². The second kappa shape index (κ2) is 6.80. The normalized spacial score (nSPS) is 12.1. The molecule has 3 aromatic rings. The molecule has 2 heterocycles. The third-order valence-corrected chi connectivity index (χ3v) is 3.70. The minimum Gasteiger partial charge on any atom is -0.467 e. The van der Waals surface area contributed by atoms with Gasteiger partial charge in [0.25, 0.3) is 5.91 Å². The number of nitrogens with one attached hydrogen (secondary N) is 2. The molecule has 0 saturated heterocycles. The third kappa shape index (κ3) is 3.60. The van der Waals surface area contributed by atoms with Crippen molar-refractivity contribution in [2.24, 2.45) is 0 Å². The van der Waals surface area contributed by atoms with Gasteiger partial charge in [0.1, 0.15) is 17.4 Å². The molecular formula is C17H15ClN2O4. The molecule has 24 heavy (non-hydrogen) atoms. The summed E-state index contributed by atoms with van der Waals surface area (Å²) < 4.78 is 10.6. The average Bonchev–Trinajstić information content (AvgIpc) is 3.21. The van der Waals surface area contributed by atoms with Crippen LogP contribution in [0.2, 0.25) is 5.02 Å². The van der Waals surface area contributed by atoms with Gasteiger partial charge >= 0.3 is 0 Å². The van der Waals surface area contributed by atoms with E-state index < -0.39 is 11.9 Å². The van der Waals surface area contributed by atoms with Gasteiger partial charge in [0.2, 0.25) is 5.91 Å². The number of rotatable bonds is 5. The summed E-state index contributed by atoms with van der Waals surface area (Å²) in [6.07, 6.45) is 1.53. The first-order valence-corrected chi connectivity index (χ1v) is 7.71. The maximum absolute atomic E-state index is 12.2. The molecule has 124 valence electrons. The molecule has 0 bridgehead atoms. The number of carbonyl (C=O) groups excluding carboxylic acids is 2. The molecule has 1 aromatic carbocycles. The predicted octanol–water partition coefficient (Wildman–Crippen LogP) is 3.11. The van der Waals surface area contributed by atoms with Gasteiger partial charge in [-0.15, -0.1) is 0 Å². The van der Waals surface area contributed by atoms with Crippen molar-refractivity contribution in [2.75, 3.05) is 0 Å². The topological polar surface area (TPSA) is 84.5 Å². The van der Waals surface area contributed by atoms with Gasteiger partial charge in [-0.2, -0.15) is 0 Å². The molecular weight excluding hydrogens is 332 g/mol. The van der Waals surface area contributed by atoms with E-state index in [9.17, 15) is 9.59 Å². The Morgan fingerprint density at radius 2 is 2.08 bits per heavy atom. The van der Waals surface area contributed by atoms with Gasteiger partial charge in [-0.05, 0) is 43.3 Å². The molecule has 0 aliphatic heterocycles. The smallest absolute Gasteiger partial charge is 0.287 e. The lowest BCUT2D eigenvalue weighted by Gasteiger charge is -2.12. The van der Waals surface area contributed by atoms with Gasteiger partial charge in [-0.1, -0.05) is 11.6 Å². The molecule has 0 saturated carbocycles. The van der Waals surface area contributed by atoms with Gasteiger partial charge in [0.05, 0.1) is 12.8 Å². The van der Waals surface area contributed by atoms with Crippen LogP contribution in [0.25, 0.3) is 11.0 Å². The van der Waals surface area contributed by atoms with E-state index in [1.807, 2.05) is 0 Å². The predicted molar refractivity (Wildman–Crippen MR) is 88.7 cm³/mol. The summed E-state index contributed by atoms with van der Waals surface area (Å²) in [7, 11) is 0. The minimum atomic E-state index is -0.718. The molecule has 0 aliphatic rings. The first kappa shape index (κ1) is 16.1. The van der Waals surface area contributed by atoms with Crippen molar-refractivity contribution in [1.82, 2.24) is 10.6 Å². The number of benzene rings is 1. The maximum Gasteiger partial charge on any atom is 0.287 e. The van der Waals surface area contributed by atoms with Gasteiger partial charge < -0.3 is 19.5 Å². The second-order valence-corrected chi connectivity index (χ2v) is 5.72. The molecule has 6 nitrogen and oxygen atoms in total. The highest BCUT2D eigenvalue weighted by molar-refractivity contribution is 6.31. The van der Waals surface area contributed by atoms with Crippen LogP contribution in [0, 0.1) is 0 Å². The molecule has 2 aromatic heterocycles. The number of hydrogen-bond acceptors (Lipinski definition) is 4. The van der Waals surface area contributed by atoms with Gasteiger partial charge in [-0.3, -0.25) is 9.59 Å². The lowest BCUT2D eigenvalue weighted by atomic mass is 10.2. The van der Waals surface area contributed by atoms with Gasteiger partial charge in [-0.25, -0.2) is 0 Å². The Bertz CT molecular complexity index is 870. The Hall–Kier alpha value is -2.73. The second-order valence-electron chi connectivity index (χ2n) is 5.29. The lowest BCUT2D eigenvalue weighted by molar-refractivity contribution is -0.122.